The van der Waals surface area contributed by atoms with Crippen molar-refractivity contribution in [2.24, 2.45) is 5.41 Å². The number of rotatable bonds is 3. The standard InChI is InChI=1S/C13H21N3O2/c1-9-11(10(2)16-15-9)12(17)14-8-13(3)4-6-18-7-5-13/h4-8H2,1-3H3,(H,14,17)(H,15,16). The number of aromatic nitrogens is 2. The van der Waals surface area contributed by atoms with E-state index in [1.807, 2.05) is 13.8 Å². The van der Waals surface area contributed by atoms with Crippen LogP contribution in [0.2, 0.25) is 0 Å². The van der Waals surface area contributed by atoms with Gasteiger partial charge in [-0.05, 0) is 32.1 Å². The zero-order valence-corrected chi connectivity index (χ0v) is 11.3. The lowest BCUT2D eigenvalue weighted by Gasteiger charge is -2.33. The smallest absolute Gasteiger partial charge is 0.255 e. The molecule has 5 nitrogen and oxygen atoms in total. The lowest BCUT2D eigenvalue weighted by molar-refractivity contribution is 0.0238. The molecule has 1 saturated heterocycles. The molecule has 2 rings (SSSR count). The second-order valence-corrected chi connectivity index (χ2v) is 5.41. The molecule has 100 valence electrons. The predicted molar refractivity (Wildman–Crippen MR) is 68.6 cm³/mol. The fourth-order valence-corrected chi connectivity index (χ4v) is 2.31. The Morgan fingerprint density at radius 2 is 2.11 bits per heavy atom. The van der Waals surface area contributed by atoms with Gasteiger partial charge in [0.15, 0.2) is 0 Å². The van der Waals surface area contributed by atoms with Crippen LogP contribution in [0.25, 0.3) is 0 Å². The molecule has 0 saturated carbocycles. The van der Waals surface area contributed by atoms with Crippen LogP contribution in [0, 0.1) is 19.3 Å². The molecule has 0 radical (unpaired) electrons. The van der Waals surface area contributed by atoms with E-state index < -0.39 is 0 Å². The van der Waals surface area contributed by atoms with E-state index in [9.17, 15) is 4.79 Å². The fourth-order valence-electron chi connectivity index (χ4n) is 2.31. The van der Waals surface area contributed by atoms with Gasteiger partial charge in [0, 0.05) is 25.5 Å². The highest BCUT2D eigenvalue weighted by Gasteiger charge is 2.28. The average Bonchev–Trinajstić information content (AvgIpc) is 2.67. The first-order valence-corrected chi connectivity index (χ1v) is 6.39. The van der Waals surface area contributed by atoms with Crippen LogP contribution in [0.5, 0.6) is 0 Å². The number of hydrogen-bond donors (Lipinski definition) is 2. The topological polar surface area (TPSA) is 67.0 Å². The summed E-state index contributed by atoms with van der Waals surface area (Å²) in [5, 5.41) is 9.90. The molecule has 1 aliphatic heterocycles. The molecule has 0 atom stereocenters. The monoisotopic (exact) mass is 251 g/mol. The first-order chi connectivity index (χ1) is 8.52. The zero-order valence-electron chi connectivity index (χ0n) is 11.3. The summed E-state index contributed by atoms with van der Waals surface area (Å²) in [7, 11) is 0. The van der Waals surface area contributed by atoms with Crippen molar-refractivity contribution in [1.82, 2.24) is 15.5 Å². The van der Waals surface area contributed by atoms with E-state index in [1.54, 1.807) is 0 Å². The molecule has 5 heteroatoms. The Bertz CT molecular complexity index is 414. The number of carbonyl (C=O) groups is 1. The van der Waals surface area contributed by atoms with E-state index in [-0.39, 0.29) is 11.3 Å². The van der Waals surface area contributed by atoms with E-state index in [4.69, 9.17) is 4.74 Å². The molecule has 1 aliphatic rings. The van der Waals surface area contributed by atoms with Gasteiger partial charge in [0.25, 0.3) is 5.91 Å². The van der Waals surface area contributed by atoms with Gasteiger partial charge in [-0.25, -0.2) is 0 Å². The number of H-pyrrole nitrogens is 1. The van der Waals surface area contributed by atoms with Crippen LogP contribution in [0.15, 0.2) is 0 Å². The van der Waals surface area contributed by atoms with Gasteiger partial charge >= 0.3 is 0 Å². The molecular formula is C13H21N3O2. The summed E-state index contributed by atoms with van der Waals surface area (Å²) in [5.41, 5.74) is 2.40. The minimum absolute atomic E-state index is 0.0357. The Balaban J connectivity index is 1.96. The van der Waals surface area contributed by atoms with Crippen molar-refractivity contribution in [3.05, 3.63) is 17.0 Å². The summed E-state index contributed by atoms with van der Waals surface area (Å²) in [4.78, 5) is 12.1. The summed E-state index contributed by atoms with van der Waals surface area (Å²) in [6, 6.07) is 0. The summed E-state index contributed by atoms with van der Waals surface area (Å²) in [6.45, 7) is 8.18. The molecule has 0 spiro atoms. The van der Waals surface area contributed by atoms with Gasteiger partial charge in [-0.2, -0.15) is 5.10 Å². The molecule has 0 unspecified atom stereocenters. The van der Waals surface area contributed by atoms with Gasteiger partial charge in [0.2, 0.25) is 0 Å². The van der Waals surface area contributed by atoms with E-state index in [1.165, 1.54) is 0 Å². The van der Waals surface area contributed by atoms with Crippen molar-refractivity contribution in [2.45, 2.75) is 33.6 Å². The largest absolute Gasteiger partial charge is 0.381 e. The van der Waals surface area contributed by atoms with Gasteiger partial charge in [-0.1, -0.05) is 6.92 Å². The third-order valence-electron chi connectivity index (χ3n) is 3.73. The summed E-state index contributed by atoms with van der Waals surface area (Å²) < 4.78 is 5.35. The van der Waals surface area contributed by atoms with Crippen LogP contribution in [0.4, 0.5) is 0 Å². The highest BCUT2D eigenvalue weighted by molar-refractivity contribution is 5.96. The molecule has 1 amide bonds. The first kappa shape index (κ1) is 13.1. The Labute approximate surface area is 107 Å². The molecule has 0 aliphatic carbocycles. The van der Waals surface area contributed by atoms with Crippen molar-refractivity contribution < 1.29 is 9.53 Å². The van der Waals surface area contributed by atoms with Crippen LogP contribution >= 0.6 is 0 Å². The van der Waals surface area contributed by atoms with Crippen molar-refractivity contribution in [3.8, 4) is 0 Å². The summed E-state index contributed by atoms with van der Waals surface area (Å²) in [5.74, 6) is -0.0357. The van der Waals surface area contributed by atoms with Crippen molar-refractivity contribution in [2.75, 3.05) is 19.8 Å². The van der Waals surface area contributed by atoms with Gasteiger partial charge in [-0.15, -0.1) is 0 Å². The van der Waals surface area contributed by atoms with Gasteiger partial charge in [-0.3, -0.25) is 9.89 Å². The third kappa shape index (κ3) is 2.72. The Hall–Kier alpha value is -1.36. The highest BCUT2D eigenvalue weighted by atomic mass is 16.5. The number of nitrogens with one attached hydrogen (secondary N) is 2. The third-order valence-corrected chi connectivity index (χ3v) is 3.73. The highest BCUT2D eigenvalue weighted by Crippen LogP contribution is 2.28. The SMILES string of the molecule is Cc1n[nH]c(C)c1C(=O)NCC1(C)CCOCC1. The van der Waals surface area contributed by atoms with E-state index >= 15 is 0 Å². The van der Waals surface area contributed by atoms with E-state index in [0.717, 1.165) is 37.4 Å². The minimum Gasteiger partial charge on any atom is -0.381 e. The lowest BCUT2D eigenvalue weighted by Crippen LogP contribution is -2.39. The number of aromatic amines is 1. The second kappa shape index (κ2) is 5.10. The quantitative estimate of drug-likeness (QED) is 0.857. The van der Waals surface area contributed by atoms with Crippen LogP contribution in [-0.2, 0) is 4.74 Å². The fraction of sp³-hybridized carbons (Fsp3) is 0.692. The minimum atomic E-state index is -0.0357. The van der Waals surface area contributed by atoms with Gasteiger partial charge in [0.1, 0.15) is 0 Å². The number of ether oxygens (including phenoxy) is 1. The number of amides is 1. The van der Waals surface area contributed by atoms with Crippen LogP contribution in [0.1, 0.15) is 41.5 Å². The number of carbonyl (C=O) groups excluding carboxylic acids is 1. The molecule has 18 heavy (non-hydrogen) atoms. The maximum atomic E-state index is 12.1. The van der Waals surface area contributed by atoms with Gasteiger partial charge < -0.3 is 10.1 Å². The second-order valence-electron chi connectivity index (χ2n) is 5.41. The Morgan fingerprint density at radius 1 is 1.44 bits per heavy atom. The average molecular weight is 251 g/mol. The van der Waals surface area contributed by atoms with Crippen LogP contribution in [0.3, 0.4) is 0 Å². The molecule has 1 aromatic rings. The maximum absolute atomic E-state index is 12.1. The summed E-state index contributed by atoms with van der Waals surface area (Å²) in [6.07, 6.45) is 1.99. The van der Waals surface area contributed by atoms with E-state index in [0.29, 0.717) is 12.1 Å². The van der Waals surface area contributed by atoms with Crippen LogP contribution in [-0.4, -0.2) is 35.9 Å². The number of aryl methyl sites for hydroxylation is 2. The zero-order chi connectivity index (χ0) is 13.2. The van der Waals surface area contributed by atoms with Crippen molar-refractivity contribution in [1.29, 1.82) is 0 Å². The molecule has 2 N–H and O–H groups in total. The number of nitrogens with zero attached hydrogens (tertiary/aromatic N) is 1. The predicted octanol–water partition coefficient (Wildman–Crippen LogP) is 1.57. The summed E-state index contributed by atoms with van der Waals surface area (Å²) >= 11 is 0. The molecule has 1 aromatic heterocycles. The van der Waals surface area contributed by atoms with Crippen molar-refractivity contribution >= 4 is 5.91 Å². The van der Waals surface area contributed by atoms with E-state index in [2.05, 4.69) is 22.4 Å². The molecule has 0 aromatic carbocycles. The number of hydrogen-bond acceptors (Lipinski definition) is 3. The molecule has 1 fully saturated rings. The Kier molecular flexibility index (Phi) is 3.71. The Morgan fingerprint density at radius 3 is 2.67 bits per heavy atom. The molecule has 2 heterocycles. The molecular weight excluding hydrogens is 230 g/mol. The first-order valence-electron chi connectivity index (χ1n) is 6.39. The maximum Gasteiger partial charge on any atom is 0.255 e. The molecule has 0 bridgehead atoms. The van der Waals surface area contributed by atoms with Crippen molar-refractivity contribution in [3.63, 3.8) is 0 Å². The normalized spacial score (nSPS) is 18.6. The lowest BCUT2D eigenvalue weighted by atomic mass is 9.82. The van der Waals surface area contributed by atoms with Crippen LogP contribution < -0.4 is 5.32 Å². The van der Waals surface area contributed by atoms with Gasteiger partial charge in [0.05, 0.1) is 11.3 Å².